The molecule has 82 valence electrons. The van der Waals surface area contributed by atoms with Gasteiger partial charge < -0.3 is 11.1 Å². The summed E-state index contributed by atoms with van der Waals surface area (Å²) in [6.07, 6.45) is 2.46. The highest BCUT2D eigenvalue weighted by atomic mass is 32.2. The third-order valence-electron chi connectivity index (χ3n) is 1.99. The zero-order valence-electron chi connectivity index (χ0n) is 8.82. The van der Waals surface area contributed by atoms with E-state index in [4.69, 9.17) is 5.73 Å². The summed E-state index contributed by atoms with van der Waals surface area (Å²) in [6, 6.07) is 8.01. The van der Waals surface area contributed by atoms with Crippen molar-refractivity contribution in [3.05, 3.63) is 29.8 Å². The fourth-order valence-electron chi connectivity index (χ4n) is 1.20. The number of rotatable bonds is 5. The minimum absolute atomic E-state index is 0.0253. The number of benzene rings is 1. The van der Waals surface area contributed by atoms with E-state index in [0.717, 1.165) is 5.56 Å². The fourth-order valence-corrected chi connectivity index (χ4v) is 1.61. The van der Waals surface area contributed by atoms with Crippen LogP contribution in [-0.4, -0.2) is 25.3 Å². The van der Waals surface area contributed by atoms with E-state index in [1.807, 2.05) is 30.5 Å². The molecule has 0 aliphatic heterocycles. The predicted octanol–water partition coefficient (Wildman–Crippen LogP) is 1.03. The molecule has 0 unspecified atom stereocenters. The van der Waals surface area contributed by atoms with E-state index in [9.17, 15) is 4.79 Å². The molecular formula is C11H16N2OS. The van der Waals surface area contributed by atoms with Crippen molar-refractivity contribution in [2.45, 2.75) is 11.3 Å². The highest BCUT2D eigenvalue weighted by Crippen LogP contribution is 2.14. The van der Waals surface area contributed by atoms with Crippen LogP contribution in [0.1, 0.15) is 5.56 Å². The van der Waals surface area contributed by atoms with Gasteiger partial charge in [-0.3, -0.25) is 4.79 Å². The average molecular weight is 224 g/mol. The number of carbonyl (C=O) groups excluding carboxylic acids is 1. The number of nitrogens with two attached hydrogens (primary N) is 1. The average Bonchev–Trinajstić information content (AvgIpc) is 2.27. The molecule has 0 radical (unpaired) electrons. The Hall–Kier alpha value is -1.00. The molecule has 3 nitrogen and oxygen atoms in total. The van der Waals surface area contributed by atoms with Crippen LogP contribution in [0.25, 0.3) is 0 Å². The van der Waals surface area contributed by atoms with E-state index >= 15 is 0 Å². The van der Waals surface area contributed by atoms with Crippen molar-refractivity contribution >= 4 is 17.7 Å². The molecule has 0 fully saturated rings. The quantitative estimate of drug-likeness (QED) is 0.734. The molecule has 3 N–H and O–H groups in total. The molecule has 4 heteroatoms. The Morgan fingerprint density at radius 1 is 1.40 bits per heavy atom. The summed E-state index contributed by atoms with van der Waals surface area (Å²) in [4.78, 5) is 12.6. The number of amides is 1. The Morgan fingerprint density at radius 3 is 2.60 bits per heavy atom. The van der Waals surface area contributed by atoms with Gasteiger partial charge in [0.25, 0.3) is 0 Å². The van der Waals surface area contributed by atoms with Gasteiger partial charge in [0.2, 0.25) is 5.91 Å². The van der Waals surface area contributed by atoms with Gasteiger partial charge in [0, 0.05) is 18.0 Å². The summed E-state index contributed by atoms with van der Waals surface area (Å²) in [5.74, 6) is 0.0253. The normalized spacial score (nSPS) is 10.0. The second-order valence-electron chi connectivity index (χ2n) is 3.16. The summed E-state index contributed by atoms with van der Waals surface area (Å²) >= 11 is 1.69. The summed E-state index contributed by atoms with van der Waals surface area (Å²) in [6.45, 7) is 1.03. The standard InChI is InChI=1S/C11H16N2OS/c1-15-10-4-2-9(3-5-10)8-11(14)13-7-6-12/h2-5H,6-8,12H2,1H3,(H,13,14). The summed E-state index contributed by atoms with van der Waals surface area (Å²) < 4.78 is 0. The lowest BCUT2D eigenvalue weighted by Crippen LogP contribution is -2.30. The van der Waals surface area contributed by atoms with Crippen LogP contribution in [-0.2, 0) is 11.2 Å². The minimum Gasteiger partial charge on any atom is -0.355 e. The van der Waals surface area contributed by atoms with Gasteiger partial charge in [-0.25, -0.2) is 0 Å². The predicted molar refractivity (Wildman–Crippen MR) is 64.0 cm³/mol. The largest absolute Gasteiger partial charge is 0.355 e. The molecule has 0 aromatic heterocycles. The van der Waals surface area contributed by atoms with E-state index in [-0.39, 0.29) is 5.91 Å². The van der Waals surface area contributed by atoms with E-state index in [2.05, 4.69) is 5.32 Å². The lowest BCUT2D eigenvalue weighted by atomic mass is 10.1. The van der Waals surface area contributed by atoms with Crippen molar-refractivity contribution in [2.24, 2.45) is 5.73 Å². The molecule has 1 rings (SSSR count). The number of nitrogens with one attached hydrogen (secondary N) is 1. The van der Waals surface area contributed by atoms with Gasteiger partial charge in [0.15, 0.2) is 0 Å². The number of thioether (sulfide) groups is 1. The first-order chi connectivity index (χ1) is 7.26. The molecule has 0 saturated heterocycles. The highest BCUT2D eigenvalue weighted by Gasteiger charge is 2.01. The molecule has 0 spiro atoms. The van der Waals surface area contributed by atoms with Crippen molar-refractivity contribution in [3.63, 3.8) is 0 Å². The maximum absolute atomic E-state index is 11.4. The van der Waals surface area contributed by atoms with E-state index in [1.165, 1.54) is 4.90 Å². The Kier molecular flexibility index (Phi) is 5.21. The molecule has 0 bridgehead atoms. The van der Waals surface area contributed by atoms with Crippen LogP contribution in [0.2, 0.25) is 0 Å². The first-order valence-corrected chi connectivity index (χ1v) is 6.08. The Bertz CT molecular complexity index is 311. The van der Waals surface area contributed by atoms with Gasteiger partial charge in [0.05, 0.1) is 6.42 Å². The fraction of sp³-hybridized carbons (Fsp3) is 0.364. The number of hydrogen-bond acceptors (Lipinski definition) is 3. The Morgan fingerprint density at radius 2 is 2.07 bits per heavy atom. The van der Waals surface area contributed by atoms with E-state index < -0.39 is 0 Å². The van der Waals surface area contributed by atoms with Gasteiger partial charge in [0.1, 0.15) is 0 Å². The monoisotopic (exact) mass is 224 g/mol. The maximum Gasteiger partial charge on any atom is 0.224 e. The van der Waals surface area contributed by atoms with Gasteiger partial charge >= 0.3 is 0 Å². The zero-order valence-corrected chi connectivity index (χ0v) is 9.64. The molecule has 0 atom stereocenters. The SMILES string of the molecule is CSc1ccc(CC(=O)NCCN)cc1. The Labute approximate surface area is 94.4 Å². The summed E-state index contributed by atoms with van der Waals surface area (Å²) in [5, 5.41) is 2.74. The molecule has 1 aromatic carbocycles. The Balaban J connectivity index is 2.46. The van der Waals surface area contributed by atoms with Crippen LogP contribution in [0.3, 0.4) is 0 Å². The van der Waals surface area contributed by atoms with Crippen molar-refractivity contribution < 1.29 is 4.79 Å². The van der Waals surface area contributed by atoms with Gasteiger partial charge in [-0.05, 0) is 24.0 Å². The minimum atomic E-state index is 0.0253. The molecule has 0 aliphatic carbocycles. The van der Waals surface area contributed by atoms with E-state index in [0.29, 0.717) is 19.5 Å². The van der Waals surface area contributed by atoms with Crippen molar-refractivity contribution in [2.75, 3.05) is 19.3 Å². The molecule has 0 aliphatic rings. The number of hydrogen-bond donors (Lipinski definition) is 2. The third kappa shape index (κ3) is 4.36. The highest BCUT2D eigenvalue weighted by molar-refractivity contribution is 7.98. The smallest absolute Gasteiger partial charge is 0.224 e. The van der Waals surface area contributed by atoms with Gasteiger partial charge in [-0.1, -0.05) is 12.1 Å². The number of carbonyl (C=O) groups is 1. The van der Waals surface area contributed by atoms with Crippen LogP contribution in [0.5, 0.6) is 0 Å². The van der Waals surface area contributed by atoms with Gasteiger partial charge in [-0.2, -0.15) is 0 Å². The van der Waals surface area contributed by atoms with Crippen LogP contribution in [0.15, 0.2) is 29.2 Å². The van der Waals surface area contributed by atoms with Crippen molar-refractivity contribution in [1.29, 1.82) is 0 Å². The summed E-state index contributed by atoms with van der Waals surface area (Å²) in [5.41, 5.74) is 6.32. The molecule has 15 heavy (non-hydrogen) atoms. The lowest BCUT2D eigenvalue weighted by molar-refractivity contribution is -0.120. The topological polar surface area (TPSA) is 55.1 Å². The maximum atomic E-state index is 11.4. The van der Waals surface area contributed by atoms with Crippen LogP contribution >= 0.6 is 11.8 Å². The first kappa shape index (κ1) is 12.1. The second-order valence-corrected chi connectivity index (χ2v) is 4.04. The van der Waals surface area contributed by atoms with E-state index in [1.54, 1.807) is 11.8 Å². The molecule has 0 heterocycles. The lowest BCUT2D eigenvalue weighted by Gasteiger charge is -2.04. The molecule has 1 aromatic rings. The second kappa shape index (κ2) is 6.48. The summed E-state index contributed by atoms with van der Waals surface area (Å²) in [7, 11) is 0. The first-order valence-electron chi connectivity index (χ1n) is 4.86. The van der Waals surface area contributed by atoms with Crippen molar-refractivity contribution in [3.8, 4) is 0 Å². The molecule has 1 amide bonds. The van der Waals surface area contributed by atoms with Crippen LogP contribution in [0, 0.1) is 0 Å². The zero-order chi connectivity index (χ0) is 11.1. The van der Waals surface area contributed by atoms with Crippen LogP contribution in [0.4, 0.5) is 0 Å². The van der Waals surface area contributed by atoms with Gasteiger partial charge in [-0.15, -0.1) is 11.8 Å². The molecule has 0 saturated carbocycles. The van der Waals surface area contributed by atoms with Crippen LogP contribution < -0.4 is 11.1 Å². The molecular weight excluding hydrogens is 208 g/mol. The third-order valence-corrected chi connectivity index (χ3v) is 2.73. The van der Waals surface area contributed by atoms with Crippen molar-refractivity contribution in [1.82, 2.24) is 5.32 Å².